The highest BCUT2D eigenvalue weighted by Crippen LogP contribution is 2.48. The SMILES string of the molecule is COP(=O)(Cc1ccccc1)c1ccccc1. The standard InChI is InChI=1S/C14H15O2P/c1-16-17(15,14-10-6-3-7-11-14)12-13-8-4-2-5-9-13/h2-11H,12H2,1H3. The fourth-order valence-corrected chi connectivity index (χ4v) is 3.58. The highest BCUT2D eigenvalue weighted by molar-refractivity contribution is 7.66. The van der Waals surface area contributed by atoms with E-state index in [4.69, 9.17) is 4.52 Å². The van der Waals surface area contributed by atoms with Gasteiger partial charge < -0.3 is 4.52 Å². The molecule has 1 atom stereocenters. The van der Waals surface area contributed by atoms with Crippen molar-refractivity contribution in [3.8, 4) is 0 Å². The molecule has 88 valence electrons. The minimum Gasteiger partial charge on any atom is -0.328 e. The van der Waals surface area contributed by atoms with Gasteiger partial charge in [-0.2, -0.15) is 0 Å². The van der Waals surface area contributed by atoms with E-state index in [1.54, 1.807) is 0 Å². The van der Waals surface area contributed by atoms with Gasteiger partial charge in [0.2, 0.25) is 7.37 Å². The summed E-state index contributed by atoms with van der Waals surface area (Å²) >= 11 is 0. The molecule has 1 unspecified atom stereocenters. The summed E-state index contributed by atoms with van der Waals surface area (Å²) in [5.41, 5.74) is 1.03. The number of hydrogen-bond donors (Lipinski definition) is 0. The highest BCUT2D eigenvalue weighted by Gasteiger charge is 2.24. The van der Waals surface area contributed by atoms with Gasteiger partial charge in [-0.25, -0.2) is 0 Å². The van der Waals surface area contributed by atoms with Crippen molar-refractivity contribution in [2.45, 2.75) is 6.16 Å². The predicted octanol–water partition coefficient (Wildman–Crippen LogP) is 3.44. The lowest BCUT2D eigenvalue weighted by Crippen LogP contribution is -2.07. The summed E-state index contributed by atoms with van der Waals surface area (Å²) in [6.45, 7) is 0. The Morgan fingerprint density at radius 3 is 2.00 bits per heavy atom. The normalized spacial score (nSPS) is 14.2. The summed E-state index contributed by atoms with van der Waals surface area (Å²) in [6, 6.07) is 19.2. The monoisotopic (exact) mass is 246 g/mol. The zero-order valence-corrected chi connectivity index (χ0v) is 10.6. The minimum atomic E-state index is -2.77. The third-order valence-electron chi connectivity index (χ3n) is 2.68. The molecule has 0 radical (unpaired) electrons. The van der Waals surface area contributed by atoms with Crippen molar-refractivity contribution < 1.29 is 9.09 Å². The van der Waals surface area contributed by atoms with E-state index in [-0.39, 0.29) is 0 Å². The first-order chi connectivity index (χ1) is 8.24. The van der Waals surface area contributed by atoms with E-state index in [0.717, 1.165) is 10.9 Å². The van der Waals surface area contributed by atoms with Crippen molar-refractivity contribution in [1.82, 2.24) is 0 Å². The van der Waals surface area contributed by atoms with Gasteiger partial charge in [0.05, 0.1) is 6.16 Å². The van der Waals surface area contributed by atoms with Crippen LogP contribution in [0.15, 0.2) is 60.7 Å². The zero-order chi connectivity index (χ0) is 12.1. The number of benzene rings is 2. The molecule has 2 rings (SSSR count). The Morgan fingerprint density at radius 2 is 1.47 bits per heavy atom. The average molecular weight is 246 g/mol. The van der Waals surface area contributed by atoms with Crippen molar-refractivity contribution >= 4 is 12.7 Å². The van der Waals surface area contributed by atoms with Gasteiger partial charge in [-0.3, -0.25) is 4.57 Å². The summed E-state index contributed by atoms with van der Waals surface area (Å²) in [6.07, 6.45) is 0.439. The Morgan fingerprint density at radius 1 is 0.941 bits per heavy atom. The second-order valence-corrected chi connectivity index (χ2v) is 6.38. The molecule has 17 heavy (non-hydrogen) atoms. The molecule has 0 aliphatic rings. The minimum absolute atomic E-state index is 0.439. The van der Waals surface area contributed by atoms with Gasteiger partial charge in [-0.1, -0.05) is 48.5 Å². The molecule has 0 heterocycles. The third-order valence-corrected chi connectivity index (χ3v) is 5.13. The van der Waals surface area contributed by atoms with Crippen molar-refractivity contribution in [3.05, 3.63) is 66.2 Å². The lowest BCUT2D eigenvalue weighted by atomic mass is 10.2. The molecule has 0 amide bonds. The van der Waals surface area contributed by atoms with Crippen LogP contribution in [0.4, 0.5) is 0 Å². The fraction of sp³-hybridized carbons (Fsp3) is 0.143. The van der Waals surface area contributed by atoms with Gasteiger partial charge in [-0.05, 0) is 17.7 Å². The van der Waals surface area contributed by atoms with Crippen LogP contribution in [-0.4, -0.2) is 7.11 Å². The Kier molecular flexibility index (Phi) is 3.78. The maximum Gasteiger partial charge on any atom is 0.236 e. The van der Waals surface area contributed by atoms with Gasteiger partial charge in [0, 0.05) is 12.4 Å². The summed E-state index contributed by atoms with van der Waals surface area (Å²) in [5, 5.41) is 0.770. The van der Waals surface area contributed by atoms with Crippen molar-refractivity contribution in [2.75, 3.05) is 7.11 Å². The maximum absolute atomic E-state index is 12.7. The average Bonchev–Trinajstić information content (AvgIpc) is 2.41. The molecule has 3 heteroatoms. The summed E-state index contributed by atoms with van der Waals surface area (Å²) in [5.74, 6) is 0. The lowest BCUT2D eigenvalue weighted by Gasteiger charge is -2.16. The summed E-state index contributed by atoms with van der Waals surface area (Å²) in [4.78, 5) is 0. The molecule has 2 aromatic carbocycles. The molecule has 0 aromatic heterocycles. The fourth-order valence-electron chi connectivity index (χ4n) is 1.74. The Labute approximate surface area is 102 Å². The molecule has 2 nitrogen and oxygen atoms in total. The molecule has 2 aromatic rings. The van der Waals surface area contributed by atoms with Crippen molar-refractivity contribution in [3.63, 3.8) is 0 Å². The predicted molar refractivity (Wildman–Crippen MR) is 70.8 cm³/mol. The van der Waals surface area contributed by atoms with E-state index in [0.29, 0.717) is 6.16 Å². The van der Waals surface area contributed by atoms with Crippen LogP contribution in [0.25, 0.3) is 0 Å². The zero-order valence-electron chi connectivity index (χ0n) is 9.74. The van der Waals surface area contributed by atoms with Gasteiger partial charge in [-0.15, -0.1) is 0 Å². The van der Waals surface area contributed by atoms with E-state index >= 15 is 0 Å². The smallest absolute Gasteiger partial charge is 0.236 e. The molecular formula is C14H15O2P. The molecule has 0 saturated heterocycles. The van der Waals surface area contributed by atoms with Crippen LogP contribution in [-0.2, 0) is 15.3 Å². The van der Waals surface area contributed by atoms with E-state index in [2.05, 4.69) is 0 Å². The van der Waals surface area contributed by atoms with Crippen LogP contribution in [0.1, 0.15) is 5.56 Å². The van der Waals surface area contributed by atoms with Crippen LogP contribution < -0.4 is 5.30 Å². The third kappa shape index (κ3) is 2.85. The van der Waals surface area contributed by atoms with Crippen LogP contribution in [0.2, 0.25) is 0 Å². The van der Waals surface area contributed by atoms with Crippen LogP contribution >= 0.6 is 7.37 Å². The van der Waals surface area contributed by atoms with Gasteiger partial charge >= 0.3 is 0 Å². The second-order valence-electron chi connectivity index (χ2n) is 3.84. The first-order valence-corrected chi connectivity index (χ1v) is 7.30. The van der Waals surface area contributed by atoms with Crippen LogP contribution in [0.5, 0.6) is 0 Å². The van der Waals surface area contributed by atoms with Crippen LogP contribution in [0.3, 0.4) is 0 Å². The maximum atomic E-state index is 12.7. The Bertz CT molecular complexity index is 508. The molecule has 0 fully saturated rings. The first-order valence-electron chi connectivity index (χ1n) is 5.49. The Balaban J connectivity index is 2.30. The lowest BCUT2D eigenvalue weighted by molar-refractivity contribution is 0.402. The largest absolute Gasteiger partial charge is 0.328 e. The van der Waals surface area contributed by atoms with E-state index in [1.807, 2.05) is 60.7 Å². The van der Waals surface area contributed by atoms with E-state index in [9.17, 15) is 4.57 Å². The number of rotatable bonds is 4. The number of hydrogen-bond acceptors (Lipinski definition) is 2. The molecule has 0 spiro atoms. The van der Waals surface area contributed by atoms with Crippen LogP contribution in [0, 0.1) is 0 Å². The van der Waals surface area contributed by atoms with Crippen molar-refractivity contribution in [2.24, 2.45) is 0 Å². The quantitative estimate of drug-likeness (QED) is 0.772. The molecule has 0 saturated carbocycles. The highest BCUT2D eigenvalue weighted by atomic mass is 31.2. The molecule has 0 bridgehead atoms. The van der Waals surface area contributed by atoms with Crippen molar-refractivity contribution in [1.29, 1.82) is 0 Å². The molecule has 0 aliphatic carbocycles. The molecular weight excluding hydrogens is 231 g/mol. The summed E-state index contributed by atoms with van der Waals surface area (Å²) in [7, 11) is -1.26. The van der Waals surface area contributed by atoms with Gasteiger partial charge in [0.15, 0.2) is 0 Å². The van der Waals surface area contributed by atoms with Gasteiger partial charge in [0.1, 0.15) is 0 Å². The topological polar surface area (TPSA) is 26.3 Å². The van der Waals surface area contributed by atoms with E-state index in [1.165, 1.54) is 7.11 Å². The molecule has 0 N–H and O–H groups in total. The van der Waals surface area contributed by atoms with E-state index < -0.39 is 7.37 Å². The summed E-state index contributed by atoms with van der Waals surface area (Å²) < 4.78 is 18.0. The second kappa shape index (κ2) is 5.31. The van der Waals surface area contributed by atoms with Gasteiger partial charge in [0.25, 0.3) is 0 Å². The first kappa shape index (κ1) is 12.1. The Hall–Kier alpha value is -1.37. The molecule has 0 aliphatic heterocycles.